The largest absolute Gasteiger partial charge is 0.325 e. The molecule has 0 aliphatic heterocycles. The van der Waals surface area contributed by atoms with E-state index in [1.165, 1.54) is 17.7 Å². The van der Waals surface area contributed by atoms with Crippen LogP contribution in [0.4, 0.5) is 0 Å². The van der Waals surface area contributed by atoms with Gasteiger partial charge in [0.25, 0.3) is 0 Å². The number of aromatic nitrogens is 1. The minimum absolute atomic E-state index is 0.0189. The predicted octanol–water partition coefficient (Wildman–Crippen LogP) is 3.29. The third-order valence-corrected chi connectivity index (χ3v) is 3.84. The molecule has 86 valence electrons. The molecule has 1 rings (SSSR count). The lowest BCUT2D eigenvalue weighted by Crippen LogP contribution is -2.41. The Hall–Kier alpha value is -0.410. The van der Waals surface area contributed by atoms with Crippen LogP contribution in [0.15, 0.2) is 6.20 Å². The normalized spacial score (nSPS) is 15.2. The van der Waals surface area contributed by atoms with Crippen LogP contribution in [0.1, 0.15) is 49.4 Å². The van der Waals surface area contributed by atoms with Crippen molar-refractivity contribution in [2.45, 2.75) is 58.4 Å². The van der Waals surface area contributed by atoms with Gasteiger partial charge in [-0.25, -0.2) is 4.98 Å². The van der Waals surface area contributed by atoms with Gasteiger partial charge in [-0.3, -0.25) is 0 Å². The van der Waals surface area contributed by atoms with Crippen molar-refractivity contribution in [2.75, 3.05) is 0 Å². The summed E-state index contributed by atoms with van der Waals surface area (Å²) in [6.07, 6.45) is 7.57. The van der Waals surface area contributed by atoms with Crippen molar-refractivity contribution in [1.82, 2.24) is 4.98 Å². The standard InChI is InChI=1S/C12H22N2S/c1-4-6-7-12(13,5-2)8-11-9-14-10(3)15-11/h9H,4-8,13H2,1-3H3. The van der Waals surface area contributed by atoms with Gasteiger partial charge >= 0.3 is 0 Å². The van der Waals surface area contributed by atoms with Gasteiger partial charge in [-0.2, -0.15) is 0 Å². The average molecular weight is 226 g/mol. The summed E-state index contributed by atoms with van der Waals surface area (Å²) >= 11 is 1.77. The Balaban J connectivity index is 2.59. The summed E-state index contributed by atoms with van der Waals surface area (Å²) < 4.78 is 0. The number of hydrogen-bond acceptors (Lipinski definition) is 3. The highest BCUT2D eigenvalue weighted by Gasteiger charge is 2.23. The van der Waals surface area contributed by atoms with E-state index in [9.17, 15) is 0 Å². The average Bonchev–Trinajstić information content (AvgIpc) is 2.61. The Morgan fingerprint density at radius 2 is 2.20 bits per heavy atom. The summed E-state index contributed by atoms with van der Waals surface area (Å²) in [6, 6.07) is 0. The number of nitrogens with zero attached hydrogens (tertiary/aromatic N) is 1. The molecule has 0 saturated heterocycles. The smallest absolute Gasteiger partial charge is 0.0896 e. The van der Waals surface area contributed by atoms with Crippen molar-refractivity contribution in [2.24, 2.45) is 5.73 Å². The molecule has 0 radical (unpaired) electrons. The highest BCUT2D eigenvalue weighted by molar-refractivity contribution is 7.11. The van der Waals surface area contributed by atoms with Crippen LogP contribution in [0.2, 0.25) is 0 Å². The van der Waals surface area contributed by atoms with Crippen molar-refractivity contribution in [1.29, 1.82) is 0 Å². The van der Waals surface area contributed by atoms with Gasteiger partial charge < -0.3 is 5.73 Å². The molecule has 0 aromatic carbocycles. The third kappa shape index (κ3) is 3.92. The Kier molecular flexibility index (Phi) is 4.74. The maximum Gasteiger partial charge on any atom is 0.0896 e. The molecule has 1 heterocycles. The van der Waals surface area contributed by atoms with E-state index in [1.54, 1.807) is 11.3 Å². The molecular formula is C12H22N2S. The fourth-order valence-electron chi connectivity index (χ4n) is 1.75. The second-order valence-electron chi connectivity index (χ2n) is 4.34. The van der Waals surface area contributed by atoms with E-state index in [-0.39, 0.29) is 5.54 Å². The molecule has 0 spiro atoms. The third-order valence-electron chi connectivity index (χ3n) is 2.93. The number of aryl methyl sites for hydroxylation is 1. The minimum Gasteiger partial charge on any atom is -0.325 e. The van der Waals surface area contributed by atoms with Gasteiger partial charge in [0, 0.05) is 23.0 Å². The molecule has 0 bridgehead atoms. The molecule has 2 N–H and O–H groups in total. The molecule has 1 atom stereocenters. The SMILES string of the molecule is CCCCC(N)(CC)Cc1cnc(C)s1. The summed E-state index contributed by atoms with van der Waals surface area (Å²) in [4.78, 5) is 5.61. The zero-order chi connectivity index (χ0) is 11.3. The van der Waals surface area contributed by atoms with Gasteiger partial charge in [-0.15, -0.1) is 11.3 Å². The molecule has 0 aliphatic rings. The van der Waals surface area contributed by atoms with Crippen LogP contribution in [0, 0.1) is 6.92 Å². The lowest BCUT2D eigenvalue weighted by molar-refractivity contribution is 0.367. The molecule has 0 amide bonds. The van der Waals surface area contributed by atoms with Gasteiger partial charge in [-0.1, -0.05) is 26.7 Å². The highest BCUT2D eigenvalue weighted by Crippen LogP contribution is 2.24. The van der Waals surface area contributed by atoms with Crippen LogP contribution in [-0.4, -0.2) is 10.5 Å². The summed E-state index contributed by atoms with van der Waals surface area (Å²) in [6.45, 7) is 6.45. The lowest BCUT2D eigenvalue weighted by atomic mass is 9.87. The summed E-state index contributed by atoms with van der Waals surface area (Å²) in [5.74, 6) is 0. The summed E-state index contributed by atoms with van der Waals surface area (Å²) in [7, 11) is 0. The van der Waals surface area contributed by atoms with Crippen molar-refractivity contribution < 1.29 is 0 Å². The Morgan fingerprint density at radius 1 is 1.47 bits per heavy atom. The number of rotatable bonds is 6. The second-order valence-corrected chi connectivity index (χ2v) is 5.66. The number of nitrogens with two attached hydrogens (primary N) is 1. The molecule has 0 saturated carbocycles. The lowest BCUT2D eigenvalue weighted by Gasteiger charge is -2.27. The topological polar surface area (TPSA) is 38.9 Å². The van der Waals surface area contributed by atoms with E-state index in [0.717, 1.165) is 24.3 Å². The molecule has 15 heavy (non-hydrogen) atoms. The second kappa shape index (κ2) is 5.61. The quantitative estimate of drug-likeness (QED) is 0.808. The van der Waals surface area contributed by atoms with Crippen molar-refractivity contribution >= 4 is 11.3 Å². The first-order chi connectivity index (χ1) is 7.09. The van der Waals surface area contributed by atoms with Crippen LogP contribution in [-0.2, 0) is 6.42 Å². The molecule has 1 aromatic rings. The number of hydrogen-bond donors (Lipinski definition) is 1. The van der Waals surface area contributed by atoms with Crippen molar-refractivity contribution in [3.05, 3.63) is 16.1 Å². The maximum absolute atomic E-state index is 6.40. The van der Waals surface area contributed by atoms with Crippen molar-refractivity contribution in [3.8, 4) is 0 Å². The first kappa shape index (κ1) is 12.7. The molecular weight excluding hydrogens is 204 g/mol. The first-order valence-electron chi connectivity index (χ1n) is 5.80. The van der Waals surface area contributed by atoms with E-state index in [2.05, 4.69) is 18.8 Å². The van der Waals surface area contributed by atoms with E-state index < -0.39 is 0 Å². The monoisotopic (exact) mass is 226 g/mol. The van der Waals surface area contributed by atoms with Gasteiger partial charge in [0.2, 0.25) is 0 Å². The van der Waals surface area contributed by atoms with Gasteiger partial charge in [-0.05, 0) is 19.8 Å². The zero-order valence-electron chi connectivity index (χ0n) is 10.0. The Labute approximate surface area is 96.9 Å². The molecule has 2 nitrogen and oxygen atoms in total. The van der Waals surface area contributed by atoms with E-state index in [0.29, 0.717) is 0 Å². The van der Waals surface area contributed by atoms with Crippen LogP contribution >= 0.6 is 11.3 Å². The van der Waals surface area contributed by atoms with E-state index in [4.69, 9.17) is 5.73 Å². The fraction of sp³-hybridized carbons (Fsp3) is 0.750. The van der Waals surface area contributed by atoms with E-state index >= 15 is 0 Å². The summed E-state index contributed by atoms with van der Waals surface area (Å²) in [5.41, 5.74) is 6.38. The summed E-state index contributed by atoms with van der Waals surface area (Å²) in [5, 5.41) is 1.14. The van der Waals surface area contributed by atoms with Crippen molar-refractivity contribution in [3.63, 3.8) is 0 Å². The Morgan fingerprint density at radius 3 is 2.67 bits per heavy atom. The molecule has 1 aromatic heterocycles. The van der Waals surface area contributed by atoms with Gasteiger partial charge in [0.1, 0.15) is 0 Å². The molecule has 3 heteroatoms. The first-order valence-corrected chi connectivity index (χ1v) is 6.61. The van der Waals surface area contributed by atoms with Gasteiger partial charge in [0.05, 0.1) is 5.01 Å². The Bertz CT molecular complexity index is 296. The van der Waals surface area contributed by atoms with E-state index in [1.807, 2.05) is 13.1 Å². The van der Waals surface area contributed by atoms with Crippen LogP contribution < -0.4 is 5.73 Å². The predicted molar refractivity (Wildman–Crippen MR) is 67.3 cm³/mol. The van der Waals surface area contributed by atoms with Crippen LogP contribution in [0.25, 0.3) is 0 Å². The molecule has 0 fully saturated rings. The van der Waals surface area contributed by atoms with Gasteiger partial charge in [0.15, 0.2) is 0 Å². The maximum atomic E-state index is 6.40. The fourth-order valence-corrected chi connectivity index (χ4v) is 2.70. The number of unbranched alkanes of at least 4 members (excludes halogenated alkanes) is 1. The van der Waals surface area contributed by atoms with Crippen LogP contribution in [0.3, 0.4) is 0 Å². The minimum atomic E-state index is -0.0189. The highest BCUT2D eigenvalue weighted by atomic mass is 32.1. The van der Waals surface area contributed by atoms with Crippen LogP contribution in [0.5, 0.6) is 0 Å². The number of thiazole rings is 1. The molecule has 0 aliphatic carbocycles. The molecule has 1 unspecified atom stereocenters. The zero-order valence-corrected chi connectivity index (χ0v) is 10.9.